The zero-order valence-electron chi connectivity index (χ0n) is 22.3. The van der Waals surface area contributed by atoms with Crippen LogP contribution in [-0.2, 0) is 16.5 Å². The van der Waals surface area contributed by atoms with Crippen LogP contribution in [0.3, 0.4) is 0 Å². The second kappa shape index (κ2) is 10.7. The van der Waals surface area contributed by atoms with E-state index in [1.54, 1.807) is 23.3 Å². The lowest BCUT2D eigenvalue weighted by Crippen LogP contribution is -2.26. The van der Waals surface area contributed by atoms with E-state index >= 15 is 0 Å². The van der Waals surface area contributed by atoms with Crippen molar-refractivity contribution >= 4 is 22.1 Å². The molecule has 9 heteroatoms. The molecule has 5 rings (SSSR count). The number of hydrogen-bond acceptors (Lipinski definition) is 7. The highest BCUT2D eigenvalue weighted by Gasteiger charge is 2.22. The van der Waals surface area contributed by atoms with E-state index in [-0.39, 0.29) is 17.8 Å². The third-order valence-corrected chi connectivity index (χ3v) is 7.37. The molecule has 0 aliphatic carbocycles. The predicted octanol–water partition coefficient (Wildman–Crippen LogP) is 3.97. The molecule has 37 heavy (non-hydrogen) atoms. The average molecular weight is 505 g/mol. The Morgan fingerprint density at radius 3 is 2.65 bits per heavy atom. The molecule has 1 aromatic carbocycles. The summed E-state index contributed by atoms with van der Waals surface area (Å²) in [5.41, 5.74) is 5.00. The van der Waals surface area contributed by atoms with Gasteiger partial charge >= 0.3 is 5.69 Å². The van der Waals surface area contributed by atoms with Crippen molar-refractivity contribution in [3.05, 3.63) is 52.7 Å². The van der Waals surface area contributed by atoms with Gasteiger partial charge in [-0.3, -0.25) is 14.1 Å². The van der Waals surface area contributed by atoms with Crippen LogP contribution in [0, 0.1) is 5.92 Å². The van der Waals surface area contributed by atoms with E-state index in [1.807, 2.05) is 45.2 Å². The molecule has 196 valence electrons. The molecular weight excluding hydrogens is 468 g/mol. The Balaban J connectivity index is 1.32. The maximum atomic E-state index is 12.8. The number of pyridine rings is 1. The number of aryl methyl sites for hydroxylation is 1. The first-order valence-corrected chi connectivity index (χ1v) is 13.0. The number of hydrogen-bond donors (Lipinski definition) is 0. The van der Waals surface area contributed by atoms with Crippen LogP contribution >= 0.6 is 0 Å². The summed E-state index contributed by atoms with van der Waals surface area (Å²) in [7, 11) is 3.51. The van der Waals surface area contributed by atoms with Crippen molar-refractivity contribution in [2.75, 3.05) is 40.0 Å². The number of likely N-dealkylation sites (tertiary alicyclic amines) is 1. The van der Waals surface area contributed by atoms with Crippen LogP contribution in [0.4, 0.5) is 0 Å². The maximum Gasteiger partial charge on any atom is 0.330 e. The van der Waals surface area contributed by atoms with Crippen LogP contribution in [-0.4, -0.2) is 69.2 Å². The number of nitrogens with zero attached hydrogens (tertiary/aromatic N) is 6. The van der Waals surface area contributed by atoms with Crippen molar-refractivity contribution in [2.24, 2.45) is 13.0 Å². The zero-order valence-corrected chi connectivity index (χ0v) is 22.3. The van der Waals surface area contributed by atoms with Crippen molar-refractivity contribution in [3.63, 3.8) is 0 Å². The Morgan fingerprint density at radius 1 is 1.11 bits per heavy atom. The number of methoxy groups -OCH3 is 1. The van der Waals surface area contributed by atoms with Crippen LogP contribution in [0.15, 0.2) is 41.3 Å². The summed E-state index contributed by atoms with van der Waals surface area (Å²) < 4.78 is 14.7. The second-order valence-electron chi connectivity index (χ2n) is 10.3. The molecule has 3 aromatic heterocycles. The minimum absolute atomic E-state index is 0.00643. The Hall–Kier alpha value is -3.14. The van der Waals surface area contributed by atoms with Crippen LogP contribution in [0.1, 0.15) is 45.0 Å². The number of aromatic nitrogens is 5. The van der Waals surface area contributed by atoms with Gasteiger partial charge in [0.15, 0.2) is 5.65 Å². The lowest BCUT2D eigenvalue weighted by Gasteiger charge is -2.18. The number of ether oxygens (including phenoxy) is 2. The van der Waals surface area contributed by atoms with E-state index in [4.69, 9.17) is 14.5 Å². The standard InChI is InChI=1S/C28H36N6O3/c1-18(2)34-26-23-14-21(6-9-25(23)30-31-27(26)32(4)28(34)35)22-7-8-24(29-15-22)19(3)37-13-12-33-11-10-20(16-33)17-36-5/h6-9,14-15,18-20H,10-13,16-17H2,1-5H3/t19-,20-/m1/s1. The lowest BCUT2D eigenvalue weighted by atomic mass is 10.0. The molecule has 4 aromatic rings. The molecule has 9 nitrogen and oxygen atoms in total. The van der Waals surface area contributed by atoms with Crippen LogP contribution in [0.25, 0.3) is 33.2 Å². The fraction of sp³-hybridized carbons (Fsp3) is 0.500. The first kappa shape index (κ1) is 25.5. The molecule has 1 fully saturated rings. The molecule has 0 amide bonds. The van der Waals surface area contributed by atoms with Crippen molar-refractivity contribution in [3.8, 4) is 11.1 Å². The fourth-order valence-corrected chi connectivity index (χ4v) is 5.30. The van der Waals surface area contributed by atoms with Gasteiger partial charge in [0, 0.05) is 50.4 Å². The van der Waals surface area contributed by atoms with Gasteiger partial charge in [0.25, 0.3) is 0 Å². The molecule has 4 heterocycles. The van der Waals surface area contributed by atoms with E-state index in [1.165, 1.54) is 6.42 Å². The average Bonchev–Trinajstić information content (AvgIpc) is 3.45. The largest absolute Gasteiger partial charge is 0.384 e. The van der Waals surface area contributed by atoms with Crippen molar-refractivity contribution in [1.29, 1.82) is 0 Å². The Kier molecular flexibility index (Phi) is 7.37. The van der Waals surface area contributed by atoms with Gasteiger partial charge < -0.3 is 14.4 Å². The minimum atomic E-state index is -0.0864. The quantitative estimate of drug-likeness (QED) is 0.341. The highest BCUT2D eigenvalue weighted by molar-refractivity contribution is 6.02. The normalized spacial score (nSPS) is 17.4. The molecule has 0 spiro atoms. The third-order valence-electron chi connectivity index (χ3n) is 7.37. The van der Waals surface area contributed by atoms with Crippen molar-refractivity contribution in [2.45, 2.75) is 39.3 Å². The molecule has 0 unspecified atom stereocenters. The topological polar surface area (TPSA) is 87.3 Å². The highest BCUT2D eigenvalue weighted by atomic mass is 16.5. The summed E-state index contributed by atoms with van der Waals surface area (Å²) in [5.74, 6) is 0.634. The maximum absolute atomic E-state index is 12.8. The molecule has 0 bridgehead atoms. The van der Waals surface area contributed by atoms with Gasteiger partial charge in [-0.25, -0.2) is 4.79 Å². The highest BCUT2D eigenvalue weighted by Crippen LogP contribution is 2.29. The van der Waals surface area contributed by atoms with Crippen LogP contribution in [0.2, 0.25) is 0 Å². The fourth-order valence-electron chi connectivity index (χ4n) is 5.30. The molecule has 0 saturated carbocycles. The number of fused-ring (bicyclic) bond motifs is 3. The van der Waals surface area contributed by atoms with Crippen LogP contribution < -0.4 is 5.69 Å². The third kappa shape index (κ3) is 5.03. The zero-order chi connectivity index (χ0) is 26.1. The first-order chi connectivity index (χ1) is 17.9. The van der Waals surface area contributed by atoms with Gasteiger partial charge in [0.2, 0.25) is 0 Å². The monoisotopic (exact) mass is 504 g/mol. The van der Waals surface area contributed by atoms with Gasteiger partial charge in [-0.1, -0.05) is 12.1 Å². The van der Waals surface area contributed by atoms with E-state index in [2.05, 4.69) is 27.2 Å². The van der Waals surface area contributed by atoms with E-state index < -0.39 is 0 Å². The second-order valence-corrected chi connectivity index (χ2v) is 10.3. The Morgan fingerprint density at radius 2 is 1.92 bits per heavy atom. The Bertz CT molecular complexity index is 1440. The van der Waals surface area contributed by atoms with Gasteiger partial charge in [-0.2, -0.15) is 0 Å². The summed E-state index contributed by atoms with van der Waals surface area (Å²) in [6.45, 7) is 10.7. The molecule has 0 N–H and O–H groups in total. The van der Waals surface area contributed by atoms with E-state index in [0.29, 0.717) is 18.2 Å². The molecule has 1 aliphatic heterocycles. The molecular formula is C28H36N6O3. The predicted molar refractivity (Wildman–Crippen MR) is 145 cm³/mol. The Labute approximate surface area is 217 Å². The van der Waals surface area contributed by atoms with Gasteiger partial charge in [0.05, 0.1) is 30.5 Å². The first-order valence-electron chi connectivity index (χ1n) is 13.0. The van der Waals surface area contributed by atoms with Crippen LogP contribution in [0.5, 0.6) is 0 Å². The summed E-state index contributed by atoms with van der Waals surface area (Å²) in [4.78, 5) is 20.0. The number of benzene rings is 1. The number of rotatable bonds is 9. The molecule has 0 radical (unpaired) electrons. The summed E-state index contributed by atoms with van der Waals surface area (Å²) in [6.07, 6.45) is 3.00. The summed E-state index contributed by atoms with van der Waals surface area (Å²) >= 11 is 0. The lowest BCUT2D eigenvalue weighted by molar-refractivity contribution is 0.0478. The van der Waals surface area contributed by atoms with E-state index in [9.17, 15) is 4.79 Å². The minimum Gasteiger partial charge on any atom is -0.384 e. The molecule has 1 aliphatic rings. The molecule has 1 saturated heterocycles. The van der Waals surface area contributed by atoms with E-state index in [0.717, 1.165) is 59.5 Å². The summed E-state index contributed by atoms with van der Waals surface area (Å²) in [6, 6.07) is 10.2. The SMILES string of the molecule is COC[C@@H]1CCN(CCO[C@H](C)c2ccc(-c3ccc4nnc5c(c4c3)n(C(C)C)c(=O)n5C)cn2)C1. The molecule has 2 atom stereocenters. The smallest absolute Gasteiger partial charge is 0.330 e. The van der Waals surface area contributed by atoms with Crippen molar-refractivity contribution in [1.82, 2.24) is 29.2 Å². The van der Waals surface area contributed by atoms with Crippen molar-refractivity contribution < 1.29 is 9.47 Å². The van der Waals surface area contributed by atoms with Gasteiger partial charge in [-0.15, -0.1) is 10.2 Å². The summed E-state index contributed by atoms with van der Waals surface area (Å²) in [5, 5.41) is 9.59. The number of imidazole rings is 1. The van der Waals surface area contributed by atoms with Gasteiger partial charge in [0.1, 0.15) is 5.52 Å². The van der Waals surface area contributed by atoms with Gasteiger partial charge in [-0.05, 0) is 63.4 Å².